The second kappa shape index (κ2) is 7.94. The van der Waals surface area contributed by atoms with E-state index >= 15 is 0 Å². The number of benzene rings is 2. The largest absolute Gasteiger partial charge is 0.467 e. The molecule has 0 aliphatic heterocycles. The van der Waals surface area contributed by atoms with Gasteiger partial charge in [0.1, 0.15) is 17.4 Å². The van der Waals surface area contributed by atoms with Gasteiger partial charge in [-0.1, -0.05) is 59.8 Å². The number of aryl methyl sites for hydroxylation is 1. The molecule has 1 atom stereocenters. The molecule has 2 aromatic heterocycles. The van der Waals surface area contributed by atoms with Crippen molar-refractivity contribution in [2.45, 2.75) is 25.3 Å². The van der Waals surface area contributed by atoms with E-state index in [0.29, 0.717) is 16.8 Å². The summed E-state index contributed by atoms with van der Waals surface area (Å²) in [5.74, 6) is 0.0838. The van der Waals surface area contributed by atoms with E-state index in [1.165, 1.54) is 17.5 Å². The van der Waals surface area contributed by atoms with Crippen LogP contribution in [-0.2, 0) is 11.2 Å². The maximum absolute atomic E-state index is 12.6. The van der Waals surface area contributed by atoms with Crippen molar-refractivity contribution in [2.75, 3.05) is 6.61 Å². The lowest BCUT2D eigenvalue weighted by molar-refractivity contribution is -0.124. The number of ether oxygens (including phenoxy) is 1. The molecular formula is C23H20N4O3. The number of nitrogens with one attached hydrogen (secondary N) is 1. The number of carbonyl (C=O) groups is 1. The highest BCUT2D eigenvalue weighted by Gasteiger charge is 2.22. The second-order valence-electron chi connectivity index (χ2n) is 7.26. The van der Waals surface area contributed by atoms with Crippen LogP contribution in [0.3, 0.4) is 0 Å². The minimum absolute atomic E-state index is 0.00643. The highest BCUT2D eigenvalue weighted by Crippen LogP contribution is 2.32. The van der Waals surface area contributed by atoms with Crippen LogP contribution in [-0.4, -0.2) is 27.6 Å². The number of amides is 1. The summed E-state index contributed by atoms with van der Waals surface area (Å²) in [6.45, 7) is -0.149. The number of hydrogen-bond donors (Lipinski definition) is 1. The summed E-state index contributed by atoms with van der Waals surface area (Å²) in [4.78, 5) is 20.9. The van der Waals surface area contributed by atoms with Gasteiger partial charge in [-0.15, -0.1) is 0 Å². The molecule has 0 unspecified atom stereocenters. The Kier molecular flexibility index (Phi) is 4.85. The Morgan fingerprint density at radius 2 is 1.93 bits per heavy atom. The van der Waals surface area contributed by atoms with Crippen LogP contribution in [0.2, 0.25) is 0 Å². The molecule has 30 heavy (non-hydrogen) atoms. The molecule has 0 spiro atoms. The molecular weight excluding hydrogens is 380 g/mol. The summed E-state index contributed by atoms with van der Waals surface area (Å²) in [6, 6.07) is 17.8. The summed E-state index contributed by atoms with van der Waals surface area (Å²) < 4.78 is 11.1. The first kappa shape index (κ1) is 18.3. The molecule has 0 radical (unpaired) electrons. The zero-order valence-electron chi connectivity index (χ0n) is 16.2. The fourth-order valence-corrected chi connectivity index (χ4v) is 3.94. The zero-order chi connectivity index (χ0) is 20.3. The average molecular weight is 400 g/mol. The first-order valence-electron chi connectivity index (χ1n) is 9.95. The Hall–Kier alpha value is -3.74. The highest BCUT2D eigenvalue weighted by molar-refractivity contribution is 5.93. The Morgan fingerprint density at radius 3 is 2.83 bits per heavy atom. The Morgan fingerprint density at radius 1 is 1.10 bits per heavy atom. The summed E-state index contributed by atoms with van der Waals surface area (Å²) >= 11 is 0. The van der Waals surface area contributed by atoms with Crippen molar-refractivity contribution >= 4 is 17.0 Å². The number of rotatable bonds is 5. The van der Waals surface area contributed by atoms with Crippen LogP contribution >= 0.6 is 0 Å². The smallest absolute Gasteiger partial charge is 0.265 e. The molecule has 2 aromatic carbocycles. The summed E-state index contributed by atoms with van der Waals surface area (Å²) in [5, 5.41) is 7.76. The van der Waals surface area contributed by atoms with Crippen molar-refractivity contribution < 1.29 is 14.1 Å². The molecule has 0 fully saturated rings. The number of aromatic nitrogens is 3. The predicted octanol–water partition coefficient (Wildman–Crippen LogP) is 3.86. The van der Waals surface area contributed by atoms with E-state index in [2.05, 4.69) is 32.6 Å². The maximum Gasteiger partial charge on any atom is 0.265 e. The van der Waals surface area contributed by atoms with Gasteiger partial charge in [0.15, 0.2) is 6.61 Å². The van der Waals surface area contributed by atoms with Gasteiger partial charge >= 0.3 is 0 Å². The third kappa shape index (κ3) is 3.50. The normalized spacial score (nSPS) is 15.5. The molecule has 1 amide bonds. The van der Waals surface area contributed by atoms with Gasteiger partial charge in [0, 0.05) is 5.56 Å². The molecule has 0 saturated heterocycles. The standard InChI is InChI=1S/C23H20N4O3/c28-19(26-18-12-6-10-15-7-4-5-11-17(15)18)13-29-22-20-21(16-8-2-1-3-9-16)27-30-23(20)25-14-24-22/h1-5,7-9,11,14,18H,6,10,12-13H2,(H,26,28)/t18-/m1/s1. The summed E-state index contributed by atoms with van der Waals surface area (Å²) in [6.07, 6.45) is 4.36. The molecule has 0 saturated carbocycles. The van der Waals surface area contributed by atoms with Crippen LogP contribution < -0.4 is 10.1 Å². The Bertz CT molecular complexity index is 1190. The predicted molar refractivity (Wildman–Crippen MR) is 111 cm³/mol. The topological polar surface area (TPSA) is 90.1 Å². The molecule has 1 N–H and O–H groups in total. The van der Waals surface area contributed by atoms with Gasteiger partial charge in [0.05, 0.1) is 6.04 Å². The lowest BCUT2D eigenvalue weighted by Crippen LogP contribution is -2.34. The maximum atomic E-state index is 12.6. The first-order valence-corrected chi connectivity index (χ1v) is 9.95. The number of nitrogens with zero attached hydrogens (tertiary/aromatic N) is 3. The summed E-state index contributed by atoms with van der Waals surface area (Å²) in [7, 11) is 0. The average Bonchev–Trinajstić information content (AvgIpc) is 3.23. The molecule has 1 aliphatic carbocycles. The van der Waals surface area contributed by atoms with Crippen LogP contribution in [0.25, 0.3) is 22.4 Å². The molecule has 150 valence electrons. The quantitative estimate of drug-likeness (QED) is 0.547. The SMILES string of the molecule is O=C(COc1ncnc2onc(-c3ccccc3)c12)N[C@@H]1CCCc2ccccc21. The van der Waals surface area contributed by atoms with Crippen LogP contribution in [0.15, 0.2) is 65.4 Å². The highest BCUT2D eigenvalue weighted by atomic mass is 16.5. The van der Waals surface area contributed by atoms with Gasteiger partial charge in [-0.3, -0.25) is 4.79 Å². The van der Waals surface area contributed by atoms with Crippen LogP contribution in [0.1, 0.15) is 30.0 Å². The van der Waals surface area contributed by atoms with Gasteiger partial charge in [-0.2, -0.15) is 4.98 Å². The fourth-order valence-electron chi connectivity index (χ4n) is 3.94. The van der Waals surface area contributed by atoms with Gasteiger partial charge in [-0.25, -0.2) is 4.98 Å². The lowest BCUT2D eigenvalue weighted by Gasteiger charge is -2.26. The Balaban J connectivity index is 1.34. The van der Waals surface area contributed by atoms with Gasteiger partial charge in [0.2, 0.25) is 5.88 Å². The molecule has 1 aliphatic rings. The van der Waals surface area contributed by atoms with Crippen molar-refractivity contribution in [2.24, 2.45) is 0 Å². The molecule has 7 heteroatoms. The molecule has 5 rings (SSSR count). The monoisotopic (exact) mass is 400 g/mol. The van der Waals surface area contributed by atoms with Crippen molar-refractivity contribution in [1.82, 2.24) is 20.4 Å². The van der Waals surface area contributed by atoms with E-state index in [1.807, 2.05) is 42.5 Å². The molecule has 7 nitrogen and oxygen atoms in total. The molecule has 2 heterocycles. The third-order valence-electron chi connectivity index (χ3n) is 5.33. The Labute approximate surface area is 173 Å². The molecule has 4 aromatic rings. The lowest BCUT2D eigenvalue weighted by atomic mass is 9.88. The fraction of sp³-hybridized carbons (Fsp3) is 0.217. The van der Waals surface area contributed by atoms with Crippen LogP contribution in [0.5, 0.6) is 5.88 Å². The minimum Gasteiger partial charge on any atom is -0.467 e. The van der Waals surface area contributed by atoms with Gasteiger partial charge in [0.25, 0.3) is 11.6 Å². The summed E-state index contributed by atoms with van der Waals surface area (Å²) in [5.41, 5.74) is 4.25. The van der Waals surface area contributed by atoms with E-state index in [-0.39, 0.29) is 24.4 Å². The van der Waals surface area contributed by atoms with Gasteiger partial charge in [-0.05, 0) is 30.4 Å². The zero-order valence-corrected chi connectivity index (χ0v) is 16.2. The van der Waals surface area contributed by atoms with E-state index in [1.54, 1.807) is 0 Å². The molecule has 0 bridgehead atoms. The number of carbonyl (C=O) groups excluding carboxylic acids is 1. The van der Waals surface area contributed by atoms with Crippen molar-refractivity contribution in [3.63, 3.8) is 0 Å². The van der Waals surface area contributed by atoms with Gasteiger partial charge < -0.3 is 14.6 Å². The van der Waals surface area contributed by atoms with E-state index in [9.17, 15) is 4.79 Å². The second-order valence-corrected chi connectivity index (χ2v) is 7.26. The number of fused-ring (bicyclic) bond motifs is 2. The number of hydrogen-bond acceptors (Lipinski definition) is 6. The van der Waals surface area contributed by atoms with E-state index in [0.717, 1.165) is 24.8 Å². The first-order chi connectivity index (χ1) is 14.8. The van der Waals surface area contributed by atoms with E-state index < -0.39 is 0 Å². The third-order valence-corrected chi connectivity index (χ3v) is 5.33. The van der Waals surface area contributed by atoms with Crippen LogP contribution in [0.4, 0.5) is 0 Å². The minimum atomic E-state index is -0.193. The van der Waals surface area contributed by atoms with Crippen molar-refractivity contribution in [3.8, 4) is 17.1 Å². The van der Waals surface area contributed by atoms with E-state index in [4.69, 9.17) is 9.26 Å². The van der Waals surface area contributed by atoms with Crippen molar-refractivity contribution in [1.29, 1.82) is 0 Å². The van der Waals surface area contributed by atoms with Crippen molar-refractivity contribution in [3.05, 3.63) is 72.1 Å². The van der Waals surface area contributed by atoms with Crippen LogP contribution in [0, 0.1) is 0 Å².